The Balaban J connectivity index is 2.05. The molecule has 1 aromatic carbocycles. The van der Waals surface area contributed by atoms with Gasteiger partial charge in [-0.1, -0.05) is 13.8 Å². The molecule has 1 unspecified atom stereocenters. The molecule has 0 spiro atoms. The minimum atomic E-state index is 0.335. The molecule has 2 rings (SSSR count). The number of hydrogen-bond donors (Lipinski definition) is 1. The van der Waals surface area contributed by atoms with Crippen molar-refractivity contribution in [1.82, 2.24) is 4.90 Å². The van der Waals surface area contributed by atoms with Crippen LogP contribution < -0.4 is 4.74 Å². The molecular formula is C15H23NO2. The molecule has 0 fully saturated rings. The second-order valence-electron chi connectivity index (χ2n) is 5.03. The molecule has 1 aliphatic rings. The first kappa shape index (κ1) is 13.2. The van der Waals surface area contributed by atoms with Crippen LogP contribution in [0.2, 0.25) is 0 Å². The highest BCUT2D eigenvalue weighted by molar-refractivity contribution is 5.44. The molecule has 1 heterocycles. The number of hydrogen-bond acceptors (Lipinski definition) is 3. The topological polar surface area (TPSA) is 32.7 Å². The molecule has 1 atom stereocenters. The van der Waals surface area contributed by atoms with Crippen molar-refractivity contribution in [2.75, 3.05) is 26.2 Å². The Bertz CT molecular complexity index is 386. The lowest BCUT2D eigenvalue weighted by atomic mass is 10.00. The van der Waals surface area contributed by atoms with Gasteiger partial charge >= 0.3 is 0 Å². The summed E-state index contributed by atoms with van der Waals surface area (Å²) >= 11 is 0. The summed E-state index contributed by atoms with van der Waals surface area (Å²) < 4.78 is 5.69. The first-order valence-corrected chi connectivity index (χ1v) is 6.92. The van der Waals surface area contributed by atoms with Gasteiger partial charge < -0.3 is 14.7 Å². The molecule has 100 valence electrons. The fourth-order valence-electron chi connectivity index (χ4n) is 2.66. The van der Waals surface area contributed by atoms with E-state index in [1.165, 1.54) is 12.8 Å². The molecule has 0 bridgehead atoms. The number of phenolic OH excluding ortho intramolecular Hbond substituents is 1. The summed E-state index contributed by atoms with van der Waals surface area (Å²) in [6.45, 7) is 8.47. The van der Waals surface area contributed by atoms with Crippen LogP contribution >= 0.6 is 0 Å². The van der Waals surface area contributed by atoms with Gasteiger partial charge in [-0.15, -0.1) is 0 Å². The van der Waals surface area contributed by atoms with E-state index in [4.69, 9.17) is 4.74 Å². The van der Waals surface area contributed by atoms with Gasteiger partial charge in [0.25, 0.3) is 0 Å². The van der Waals surface area contributed by atoms with E-state index in [-0.39, 0.29) is 0 Å². The van der Waals surface area contributed by atoms with Gasteiger partial charge in [0.2, 0.25) is 0 Å². The Morgan fingerprint density at radius 1 is 1.28 bits per heavy atom. The highest BCUT2D eigenvalue weighted by atomic mass is 16.5. The Morgan fingerprint density at radius 3 is 2.67 bits per heavy atom. The van der Waals surface area contributed by atoms with Crippen LogP contribution in [0.1, 0.15) is 38.2 Å². The maximum Gasteiger partial charge on any atom is 0.123 e. The van der Waals surface area contributed by atoms with E-state index in [0.717, 1.165) is 37.6 Å². The SMILES string of the molecule is CCCN(CCC)CC1COc2ccc(O)cc21. The van der Waals surface area contributed by atoms with Crippen molar-refractivity contribution in [3.63, 3.8) is 0 Å². The van der Waals surface area contributed by atoms with Crippen LogP contribution in [-0.4, -0.2) is 36.2 Å². The molecule has 0 aromatic heterocycles. The first-order valence-electron chi connectivity index (χ1n) is 6.92. The summed E-state index contributed by atoms with van der Waals surface area (Å²) in [6.07, 6.45) is 2.36. The molecule has 1 aromatic rings. The molecule has 3 nitrogen and oxygen atoms in total. The molecule has 0 radical (unpaired) electrons. The molecule has 18 heavy (non-hydrogen) atoms. The largest absolute Gasteiger partial charge is 0.508 e. The quantitative estimate of drug-likeness (QED) is 0.841. The molecule has 0 aliphatic carbocycles. The predicted molar refractivity (Wildman–Crippen MR) is 73.4 cm³/mol. The zero-order valence-electron chi connectivity index (χ0n) is 11.4. The van der Waals surface area contributed by atoms with Gasteiger partial charge in [0.15, 0.2) is 0 Å². The molecule has 3 heteroatoms. The van der Waals surface area contributed by atoms with Crippen LogP contribution in [0.15, 0.2) is 18.2 Å². The van der Waals surface area contributed by atoms with E-state index in [0.29, 0.717) is 11.7 Å². The van der Waals surface area contributed by atoms with Crippen LogP contribution in [0, 0.1) is 0 Å². The molecule has 1 N–H and O–H groups in total. The van der Waals surface area contributed by atoms with E-state index >= 15 is 0 Å². The summed E-state index contributed by atoms with van der Waals surface area (Å²) in [5.41, 5.74) is 1.16. The standard InChI is InChI=1S/C15H23NO2/c1-3-7-16(8-4-2)10-12-11-18-15-6-5-13(17)9-14(12)15/h5-6,9,12,17H,3-4,7-8,10-11H2,1-2H3. The van der Waals surface area contributed by atoms with Gasteiger partial charge in [0.05, 0.1) is 6.61 Å². The zero-order valence-corrected chi connectivity index (χ0v) is 11.4. The summed E-state index contributed by atoms with van der Waals surface area (Å²) in [6, 6.07) is 5.41. The number of fused-ring (bicyclic) bond motifs is 1. The fourth-order valence-corrected chi connectivity index (χ4v) is 2.66. The minimum absolute atomic E-state index is 0.335. The summed E-state index contributed by atoms with van der Waals surface area (Å²) in [7, 11) is 0. The molecule has 0 saturated heterocycles. The molecule has 0 saturated carbocycles. The Hall–Kier alpha value is -1.22. The third-order valence-corrected chi connectivity index (χ3v) is 3.43. The lowest BCUT2D eigenvalue weighted by molar-refractivity contribution is 0.233. The van der Waals surface area contributed by atoms with Crippen molar-refractivity contribution in [2.45, 2.75) is 32.6 Å². The van der Waals surface area contributed by atoms with Gasteiger partial charge in [-0.05, 0) is 44.1 Å². The van der Waals surface area contributed by atoms with Crippen molar-refractivity contribution < 1.29 is 9.84 Å². The number of benzene rings is 1. The van der Waals surface area contributed by atoms with Crippen LogP contribution in [0.3, 0.4) is 0 Å². The molecule has 0 amide bonds. The lowest BCUT2D eigenvalue weighted by Crippen LogP contribution is -2.30. The van der Waals surface area contributed by atoms with Crippen molar-refractivity contribution in [3.8, 4) is 11.5 Å². The number of rotatable bonds is 6. The first-order chi connectivity index (χ1) is 8.74. The van der Waals surface area contributed by atoms with E-state index < -0.39 is 0 Å². The van der Waals surface area contributed by atoms with Gasteiger partial charge in [0.1, 0.15) is 11.5 Å². The monoisotopic (exact) mass is 249 g/mol. The van der Waals surface area contributed by atoms with E-state index in [1.807, 2.05) is 12.1 Å². The highest BCUT2D eigenvalue weighted by Gasteiger charge is 2.26. The number of nitrogens with zero attached hydrogens (tertiary/aromatic N) is 1. The maximum absolute atomic E-state index is 9.59. The lowest BCUT2D eigenvalue weighted by Gasteiger charge is -2.24. The summed E-state index contributed by atoms with van der Waals surface area (Å²) in [5.74, 6) is 1.66. The highest BCUT2D eigenvalue weighted by Crippen LogP contribution is 2.36. The van der Waals surface area contributed by atoms with Crippen molar-refractivity contribution >= 4 is 0 Å². The van der Waals surface area contributed by atoms with Gasteiger partial charge in [-0.25, -0.2) is 0 Å². The Kier molecular flexibility index (Phi) is 4.48. The fraction of sp³-hybridized carbons (Fsp3) is 0.600. The third-order valence-electron chi connectivity index (χ3n) is 3.43. The molecular weight excluding hydrogens is 226 g/mol. The predicted octanol–water partition coefficient (Wildman–Crippen LogP) is 2.99. The summed E-state index contributed by atoms with van der Waals surface area (Å²) in [4.78, 5) is 2.49. The maximum atomic E-state index is 9.59. The van der Waals surface area contributed by atoms with Gasteiger partial charge in [0, 0.05) is 18.0 Å². The Morgan fingerprint density at radius 2 is 2.00 bits per heavy atom. The Labute approximate surface area is 109 Å². The van der Waals surface area contributed by atoms with Crippen molar-refractivity contribution in [2.24, 2.45) is 0 Å². The van der Waals surface area contributed by atoms with Crippen molar-refractivity contribution in [1.29, 1.82) is 0 Å². The van der Waals surface area contributed by atoms with E-state index in [9.17, 15) is 5.11 Å². The van der Waals surface area contributed by atoms with Crippen LogP contribution in [0.4, 0.5) is 0 Å². The average molecular weight is 249 g/mol. The number of aromatic hydroxyl groups is 1. The minimum Gasteiger partial charge on any atom is -0.508 e. The number of ether oxygens (including phenoxy) is 1. The van der Waals surface area contributed by atoms with E-state index in [2.05, 4.69) is 18.7 Å². The average Bonchev–Trinajstić information content (AvgIpc) is 2.73. The molecule has 1 aliphatic heterocycles. The second-order valence-corrected chi connectivity index (χ2v) is 5.03. The van der Waals surface area contributed by atoms with E-state index in [1.54, 1.807) is 6.07 Å². The number of phenols is 1. The smallest absolute Gasteiger partial charge is 0.123 e. The van der Waals surface area contributed by atoms with Crippen molar-refractivity contribution in [3.05, 3.63) is 23.8 Å². The van der Waals surface area contributed by atoms with Crippen LogP contribution in [0.5, 0.6) is 11.5 Å². The van der Waals surface area contributed by atoms with Gasteiger partial charge in [-0.3, -0.25) is 0 Å². The normalized spacial score (nSPS) is 17.8. The van der Waals surface area contributed by atoms with Crippen LogP contribution in [0.25, 0.3) is 0 Å². The van der Waals surface area contributed by atoms with Crippen LogP contribution in [-0.2, 0) is 0 Å². The third kappa shape index (κ3) is 2.96. The summed E-state index contributed by atoms with van der Waals surface area (Å²) in [5, 5.41) is 9.59. The zero-order chi connectivity index (χ0) is 13.0. The second kappa shape index (κ2) is 6.10. The van der Waals surface area contributed by atoms with Gasteiger partial charge in [-0.2, -0.15) is 0 Å².